The van der Waals surface area contributed by atoms with Gasteiger partial charge in [0, 0.05) is 12.7 Å². The Morgan fingerprint density at radius 3 is 2.68 bits per heavy atom. The van der Waals surface area contributed by atoms with Crippen molar-refractivity contribution in [1.29, 1.82) is 0 Å². The van der Waals surface area contributed by atoms with E-state index in [1.807, 2.05) is 18.6 Å². The second kappa shape index (κ2) is 8.56. The van der Waals surface area contributed by atoms with Crippen molar-refractivity contribution in [2.75, 3.05) is 10.0 Å². The summed E-state index contributed by atoms with van der Waals surface area (Å²) in [5.74, 6) is -0.329. The van der Waals surface area contributed by atoms with Gasteiger partial charge in [-0.3, -0.25) is 23.2 Å². The molecule has 0 atom stereocenters. The number of rotatable bonds is 6. The van der Waals surface area contributed by atoms with Gasteiger partial charge in [-0.1, -0.05) is 24.6 Å². The van der Waals surface area contributed by atoms with Gasteiger partial charge in [0.1, 0.15) is 21.9 Å². The number of amidine groups is 1. The standard InChI is InChI=1S/C20H24N6O6S2/c1-11(2)7-9-26-19-13(4-3-8-22-19)17(27)16(20(26)28)18-23-14-6-5-12(24-34(21,31)32)10-15(14)33(29,30)25-18/h3-6,8,10-11,24,27,29-30H,7,9H2,1-2H3,(H,23,25)(H2,21,31,32). The SMILES string of the molecule is CC(C)CCn1c(=O)c(C2=NS(O)(O)c3cc(NS(N)(=O)=O)ccc3N2)c(O)c2cccnc21. The molecule has 182 valence electrons. The number of fused-ring (bicyclic) bond motifs is 2. The fraction of sp³-hybridized carbons (Fsp3) is 0.250. The largest absolute Gasteiger partial charge is 0.506 e. The molecule has 7 N–H and O–H groups in total. The number of aromatic nitrogens is 2. The van der Waals surface area contributed by atoms with E-state index in [1.165, 1.54) is 29.0 Å². The van der Waals surface area contributed by atoms with Crippen LogP contribution in [0.4, 0.5) is 11.4 Å². The van der Waals surface area contributed by atoms with Gasteiger partial charge in [0.2, 0.25) is 0 Å². The first kappa shape index (κ1) is 24.0. The summed E-state index contributed by atoms with van der Waals surface area (Å²) in [5, 5.41) is 19.1. The molecular weight excluding hydrogens is 484 g/mol. The zero-order chi connectivity index (χ0) is 24.8. The summed E-state index contributed by atoms with van der Waals surface area (Å²) in [6, 6.07) is 7.12. The van der Waals surface area contributed by atoms with Gasteiger partial charge in [-0.25, -0.2) is 10.1 Å². The van der Waals surface area contributed by atoms with Gasteiger partial charge in [0.15, 0.2) is 5.84 Å². The molecule has 0 amide bonds. The van der Waals surface area contributed by atoms with E-state index in [0.717, 1.165) is 0 Å². The Bertz CT molecular complexity index is 1480. The second-order valence-electron chi connectivity index (χ2n) is 8.18. The molecule has 0 spiro atoms. The van der Waals surface area contributed by atoms with Crippen LogP contribution in [0.15, 0.2) is 50.6 Å². The maximum absolute atomic E-state index is 13.4. The maximum atomic E-state index is 13.4. The lowest BCUT2D eigenvalue weighted by molar-refractivity contribution is 0.473. The number of nitrogens with zero attached hydrogens (tertiary/aromatic N) is 3. The number of hydrogen-bond donors (Lipinski definition) is 6. The third-order valence-corrected chi connectivity index (χ3v) is 7.05. The molecule has 3 aromatic rings. The van der Waals surface area contributed by atoms with Crippen LogP contribution in [0.25, 0.3) is 11.0 Å². The Hall–Kier alpha value is -3.17. The van der Waals surface area contributed by atoms with E-state index in [4.69, 9.17) is 5.14 Å². The molecule has 0 unspecified atom stereocenters. The molecular formula is C20H24N6O6S2. The van der Waals surface area contributed by atoms with Crippen LogP contribution in [0.2, 0.25) is 0 Å². The van der Waals surface area contributed by atoms with Gasteiger partial charge in [0.25, 0.3) is 15.8 Å². The zero-order valence-corrected chi connectivity index (χ0v) is 19.9. The summed E-state index contributed by atoms with van der Waals surface area (Å²) in [5.41, 5.74) is -0.360. The number of aromatic hydroxyl groups is 1. The first-order valence-electron chi connectivity index (χ1n) is 10.2. The number of benzene rings is 1. The molecule has 0 saturated carbocycles. The fourth-order valence-corrected chi connectivity index (χ4v) is 5.23. The lowest BCUT2D eigenvalue weighted by Crippen LogP contribution is -2.32. The molecule has 4 rings (SSSR count). The normalized spacial score (nSPS) is 16.0. The number of hydrogen-bond acceptors (Lipinski definition) is 9. The predicted octanol–water partition coefficient (Wildman–Crippen LogP) is 2.66. The molecule has 0 fully saturated rings. The number of nitrogens with two attached hydrogens (primary N) is 1. The quantitative estimate of drug-likeness (QED) is 0.292. The molecule has 0 radical (unpaired) electrons. The van der Waals surface area contributed by atoms with Crippen LogP contribution in [0.3, 0.4) is 0 Å². The third-order valence-electron chi connectivity index (χ3n) is 5.17. The number of aryl methyl sites for hydroxylation is 1. The van der Waals surface area contributed by atoms with Crippen molar-refractivity contribution in [2.24, 2.45) is 15.5 Å². The van der Waals surface area contributed by atoms with E-state index in [2.05, 4.69) is 14.7 Å². The lowest BCUT2D eigenvalue weighted by atomic mass is 10.1. The highest BCUT2D eigenvalue weighted by Gasteiger charge is 2.31. The first-order chi connectivity index (χ1) is 15.9. The molecule has 1 aliphatic rings. The van der Waals surface area contributed by atoms with Gasteiger partial charge in [0.05, 0.1) is 16.8 Å². The highest BCUT2D eigenvalue weighted by molar-refractivity contribution is 8.23. The molecule has 0 saturated heterocycles. The van der Waals surface area contributed by atoms with Crippen molar-refractivity contribution in [3.63, 3.8) is 0 Å². The van der Waals surface area contributed by atoms with Crippen LogP contribution in [0, 0.1) is 5.92 Å². The van der Waals surface area contributed by atoms with E-state index < -0.39 is 32.3 Å². The van der Waals surface area contributed by atoms with Gasteiger partial charge in [-0.05, 0) is 42.7 Å². The Morgan fingerprint density at radius 1 is 1.26 bits per heavy atom. The monoisotopic (exact) mass is 508 g/mol. The minimum Gasteiger partial charge on any atom is -0.506 e. The Balaban J connectivity index is 1.87. The summed E-state index contributed by atoms with van der Waals surface area (Å²) < 4.78 is 51.5. The van der Waals surface area contributed by atoms with E-state index in [0.29, 0.717) is 29.9 Å². The molecule has 12 nitrogen and oxygen atoms in total. The van der Waals surface area contributed by atoms with Crippen LogP contribution >= 0.6 is 10.8 Å². The predicted molar refractivity (Wildman–Crippen MR) is 132 cm³/mol. The van der Waals surface area contributed by atoms with Crippen molar-refractivity contribution >= 4 is 49.2 Å². The maximum Gasteiger partial charge on any atom is 0.296 e. The van der Waals surface area contributed by atoms with Crippen LogP contribution in [-0.4, -0.2) is 38.0 Å². The van der Waals surface area contributed by atoms with Crippen LogP contribution < -0.4 is 20.7 Å². The summed E-state index contributed by atoms with van der Waals surface area (Å²) in [6.45, 7) is 4.36. The van der Waals surface area contributed by atoms with Crippen molar-refractivity contribution in [3.8, 4) is 5.75 Å². The second-order valence-corrected chi connectivity index (χ2v) is 11.1. The van der Waals surface area contributed by atoms with Crippen molar-refractivity contribution in [2.45, 2.75) is 31.7 Å². The minimum atomic E-state index is -4.09. The molecule has 1 aromatic carbocycles. The smallest absolute Gasteiger partial charge is 0.296 e. The number of anilines is 2. The van der Waals surface area contributed by atoms with E-state index >= 15 is 0 Å². The van der Waals surface area contributed by atoms with Gasteiger partial charge >= 0.3 is 0 Å². The molecule has 2 aromatic heterocycles. The Labute approximate surface area is 196 Å². The zero-order valence-electron chi connectivity index (χ0n) is 18.3. The molecule has 0 bridgehead atoms. The summed E-state index contributed by atoms with van der Waals surface area (Å²) >= 11 is 0. The summed E-state index contributed by atoms with van der Waals surface area (Å²) in [6.07, 6.45) is 2.19. The average molecular weight is 509 g/mol. The van der Waals surface area contributed by atoms with Crippen molar-refractivity contribution in [1.82, 2.24) is 9.55 Å². The highest BCUT2D eigenvalue weighted by atomic mass is 32.3. The van der Waals surface area contributed by atoms with E-state index in [-0.39, 0.29) is 27.7 Å². The van der Waals surface area contributed by atoms with Crippen LogP contribution in [0.1, 0.15) is 25.8 Å². The Morgan fingerprint density at radius 2 is 2.00 bits per heavy atom. The molecule has 14 heteroatoms. The summed E-state index contributed by atoms with van der Waals surface area (Å²) in [7, 11) is -7.95. The van der Waals surface area contributed by atoms with Gasteiger partial charge in [-0.15, -0.1) is 4.40 Å². The van der Waals surface area contributed by atoms with Crippen LogP contribution in [0.5, 0.6) is 5.75 Å². The Kier molecular flexibility index (Phi) is 6.03. The lowest BCUT2D eigenvalue weighted by Gasteiger charge is -2.34. The molecule has 34 heavy (non-hydrogen) atoms. The van der Waals surface area contributed by atoms with Gasteiger partial charge in [-0.2, -0.15) is 8.42 Å². The number of pyridine rings is 2. The fourth-order valence-electron chi connectivity index (χ4n) is 3.59. The third kappa shape index (κ3) is 4.58. The van der Waals surface area contributed by atoms with E-state index in [9.17, 15) is 27.4 Å². The number of nitrogens with one attached hydrogen (secondary N) is 2. The topological polar surface area (TPSA) is 192 Å². The first-order valence-corrected chi connectivity index (χ1v) is 13.2. The van der Waals surface area contributed by atoms with Crippen molar-refractivity contribution in [3.05, 3.63) is 52.4 Å². The van der Waals surface area contributed by atoms with Crippen molar-refractivity contribution < 1.29 is 22.6 Å². The highest BCUT2D eigenvalue weighted by Crippen LogP contribution is 2.56. The van der Waals surface area contributed by atoms with Crippen LogP contribution in [-0.2, 0) is 16.8 Å². The average Bonchev–Trinajstić information content (AvgIpc) is 2.72. The van der Waals surface area contributed by atoms with Gasteiger partial charge < -0.3 is 10.4 Å². The summed E-state index contributed by atoms with van der Waals surface area (Å²) in [4.78, 5) is 17.6. The molecule has 3 heterocycles. The molecule has 0 aliphatic carbocycles. The molecule has 1 aliphatic heterocycles. The minimum absolute atomic E-state index is 0.00246. The van der Waals surface area contributed by atoms with E-state index in [1.54, 1.807) is 12.1 Å².